The van der Waals surface area contributed by atoms with Gasteiger partial charge in [0.05, 0.1) is 0 Å². The van der Waals surface area contributed by atoms with Crippen molar-refractivity contribution in [3.63, 3.8) is 0 Å². The van der Waals surface area contributed by atoms with Gasteiger partial charge in [-0.05, 0) is 6.42 Å². The lowest BCUT2D eigenvalue weighted by Gasteiger charge is -2.33. The Morgan fingerprint density at radius 3 is 2.30 bits per heavy atom. The van der Waals surface area contributed by atoms with Gasteiger partial charge < -0.3 is 10.1 Å². The zero-order valence-corrected chi connectivity index (χ0v) is 11.5. The van der Waals surface area contributed by atoms with Gasteiger partial charge in [0.2, 0.25) is 0 Å². The Morgan fingerprint density at radius 1 is 1.25 bits per heavy atom. The molecule has 0 bridgehead atoms. The highest BCUT2D eigenvalue weighted by atomic mass is 19.4. The fraction of sp³-hybridized carbons (Fsp3) is 0.500. The van der Waals surface area contributed by atoms with Gasteiger partial charge in [0.25, 0.3) is 11.5 Å². The molecule has 0 heterocycles. The molecule has 0 aliphatic carbocycles. The van der Waals surface area contributed by atoms with E-state index in [9.17, 15) is 18.0 Å². The van der Waals surface area contributed by atoms with E-state index >= 15 is 0 Å². The van der Waals surface area contributed by atoms with E-state index in [1.165, 1.54) is 24.3 Å². The van der Waals surface area contributed by atoms with E-state index in [1.807, 2.05) is 6.92 Å². The summed E-state index contributed by atoms with van der Waals surface area (Å²) in [6, 6.07) is 6.92. The molecular weight excluding hydrogens is 271 g/mol. The topological polar surface area (TPSA) is 38.3 Å². The first-order valence-electron chi connectivity index (χ1n) is 6.35. The monoisotopic (exact) mass is 289 g/mol. The molecule has 0 aliphatic rings. The minimum Gasteiger partial charge on any atom is -0.356 e. The molecule has 112 valence electrons. The number of alkyl halides is 3. The van der Waals surface area contributed by atoms with Crippen LogP contribution >= 0.6 is 0 Å². The lowest BCUT2D eigenvalue weighted by Crippen LogP contribution is -2.55. The number of rotatable bonds is 6. The summed E-state index contributed by atoms with van der Waals surface area (Å²) in [7, 11) is 0.889. The predicted octanol–water partition coefficient (Wildman–Crippen LogP) is 3.01. The highest BCUT2D eigenvalue weighted by molar-refractivity contribution is 5.87. The number of hydrogen-bond donors (Lipinski definition) is 1. The summed E-state index contributed by atoms with van der Waals surface area (Å²) < 4.78 is 44.9. The van der Waals surface area contributed by atoms with Crippen LogP contribution < -0.4 is 5.32 Å². The first-order valence-corrected chi connectivity index (χ1v) is 6.35. The lowest BCUT2D eigenvalue weighted by molar-refractivity contribution is -0.265. The molecule has 0 unspecified atom stereocenters. The second kappa shape index (κ2) is 6.74. The summed E-state index contributed by atoms with van der Waals surface area (Å²) in [5, 5.41) is 2.30. The summed E-state index contributed by atoms with van der Waals surface area (Å²) in [5.74, 6) is -1.19. The predicted molar refractivity (Wildman–Crippen MR) is 69.1 cm³/mol. The molecule has 0 saturated carbocycles. The summed E-state index contributed by atoms with van der Waals surface area (Å²) in [6.45, 7) is 2.07. The highest BCUT2D eigenvalue weighted by Gasteiger charge is 2.62. The van der Waals surface area contributed by atoms with Crippen molar-refractivity contribution in [1.29, 1.82) is 0 Å². The van der Waals surface area contributed by atoms with Crippen LogP contribution in [0.4, 0.5) is 13.2 Å². The SMILES string of the molecule is CCCCNC(=O)[C@](OC)(c1ccccc1)C(F)(F)F. The van der Waals surface area contributed by atoms with Gasteiger partial charge in [0, 0.05) is 19.2 Å². The summed E-state index contributed by atoms with van der Waals surface area (Å²) >= 11 is 0. The van der Waals surface area contributed by atoms with E-state index in [4.69, 9.17) is 0 Å². The van der Waals surface area contributed by atoms with Crippen molar-refractivity contribution in [2.75, 3.05) is 13.7 Å². The molecular formula is C14H18F3NO2. The smallest absolute Gasteiger partial charge is 0.356 e. The molecule has 3 nitrogen and oxygen atoms in total. The van der Waals surface area contributed by atoms with E-state index in [0.29, 0.717) is 6.42 Å². The van der Waals surface area contributed by atoms with Crippen molar-refractivity contribution in [2.24, 2.45) is 0 Å². The molecule has 1 amide bonds. The highest BCUT2D eigenvalue weighted by Crippen LogP contribution is 2.42. The number of unbranched alkanes of at least 4 members (excludes halogenated alkanes) is 1. The van der Waals surface area contributed by atoms with Crippen LogP contribution in [0.5, 0.6) is 0 Å². The second-order valence-electron chi connectivity index (χ2n) is 4.36. The van der Waals surface area contributed by atoms with Gasteiger partial charge in [-0.3, -0.25) is 4.79 Å². The van der Waals surface area contributed by atoms with Gasteiger partial charge in [-0.1, -0.05) is 43.7 Å². The third kappa shape index (κ3) is 3.12. The number of amides is 1. The molecule has 1 atom stereocenters. The van der Waals surface area contributed by atoms with Crippen LogP contribution in [-0.4, -0.2) is 25.7 Å². The van der Waals surface area contributed by atoms with E-state index < -0.39 is 17.7 Å². The van der Waals surface area contributed by atoms with Crippen LogP contribution in [0.2, 0.25) is 0 Å². The first-order chi connectivity index (χ1) is 9.40. The standard InChI is InChI=1S/C14H18F3NO2/c1-3-4-10-18-12(19)13(20-2,14(15,16)17)11-8-6-5-7-9-11/h5-9H,3-4,10H2,1-2H3,(H,18,19)/t13-/m1/s1. The number of ether oxygens (including phenoxy) is 1. The van der Waals surface area contributed by atoms with Crippen LogP contribution in [0.15, 0.2) is 30.3 Å². The van der Waals surface area contributed by atoms with E-state index in [-0.39, 0.29) is 12.1 Å². The maximum atomic E-state index is 13.4. The number of benzene rings is 1. The fourth-order valence-electron chi connectivity index (χ4n) is 1.93. The van der Waals surface area contributed by atoms with Gasteiger partial charge >= 0.3 is 6.18 Å². The minimum absolute atomic E-state index is 0.184. The molecule has 1 rings (SSSR count). The Balaban J connectivity index is 3.17. The molecule has 1 N–H and O–H groups in total. The maximum Gasteiger partial charge on any atom is 0.430 e. The van der Waals surface area contributed by atoms with Crippen molar-refractivity contribution >= 4 is 5.91 Å². The van der Waals surface area contributed by atoms with Crippen LogP contribution in [0.3, 0.4) is 0 Å². The molecule has 0 aromatic heterocycles. The van der Waals surface area contributed by atoms with E-state index in [2.05, 4.69) is 10.1 Å². The summed E-state index contributed by atoms with van der Waals surface area (Å²) in [6.07, 6.45) is -3.46. The van der Waals surface area contributed by atoms with Crippen LogP contribution in [0.1, 0.15) is 25.3 Å². The second-order valence-corrected chi connectivity index (χ2v) is 4.36. The first kappa shape index (κ1) is 16.5. The Morgan fingerprint density at radius 2 is 1.85 bits per heavy atom. The number of methoxy groups -OCH3 is 1. The van der Waals surface area contributed by atoms with Crippen molar-refractivity contribution in [1.82, 2.24) is 5.32 Å². The molecule has 20 heavy (non-hydrogen) atoms. The molecule has 1 aromatic carbocycles. The van der Waals surface area contributed by atoms with Crippen LogP contribution in [0, 0.1) is 0 Å². The Bertz CT molecular complexity index is 434. The quantitative estimate of drug-likeness (QED) is 0.818. The Labute approximate surface area is 116 Å². The summed E-state index contributed by atoms with van der Waals surface area (Å²) in [4.78, 5) is 12.1. The van der Waals surface area contributed by atoms with Gasteiger partial charge in [0.15, 0.2) is 0 Å². The average Bonchev–Trinajstić information content (AvgIpc) is 2.40. The Hall–Kier alpha value is -1.56. The van der Waals surface area contributed by atoms with Crippen molar-refractivity contribution in [2.45, 2.75) is 31.5 Å². The molecule has 0 saturated heterocycles. The van der Waals surface area contributed by atoms with Crippen LogP contribution in [-0.2, 0) is 15.1 Å². The fourth-order valence-corrected chi connectivity index (χ4v) is 1.93. The number of hydrogen-bond acceptors (Lipinski definition) is 2. The van der Waals surface area contributed by atoms with Crippen LogP contribution in [0.25, 0.3) is 0 Å². The average molecular weight is 289 g/mol. The van der Waals surface area contributed by atoms with Gasteiger partial charge in [-0.25, -0.2) is 0 Å². The molecule has 0 fully saturated rings. The molecule has 0 spiro atoms. The molecule has 0 aliphatic heterocycles. The number of carbonyl (C=O) groups excluding carboxylic acids is 1. The number of halogens is 3. The normalized spacial score (nSPS) is 14.7. The minimum atomic E-state index is -4.85. The Kier molecular flexibility index (Phi) is 5.56. The van der Waals surface area contributed by atoms with E-state index in [1.54, 1.807) is 6.07 Å². The lowest BCUT2D eigenvalue weighted by atomic mass is 9.91. The molecule has 6 heteroatoms. The maximum absolute atomic E-state index is 13.4. The van der Waals surface area contributed by atoms with Gasteiger partial charge in [0.1, 0.15) is 0 Å². The summed E-state index contributed by atoms with van der Waals surface area (Å²) in [5.41, 5.74) is -3.20. The van der Waals surface area contributed by atoms with E-state index in [0.717, 1.165) is 13.5 Å². The third-order valence-corrected chi connectivity index (χ3v) is 3.02. The molecule has 0 radical (unpaired) electrons. The third-order valence-electron chi connectivity index (χ3n) is 3.02. The van der Waals surface area contributed by atoms with Crippen molar-refractivity contribution in [3.8, 4) is 0 Å². The zero-order valence-electron chi connectivity index (χ0n) is 11.5. The van der Waals surface area contributed by atoms with Crippen molar-refractivity contribution < 1.29 is 22.7 Å². The largest absolute Gasteiger partial charge is 0.430 e. The number of nitrogens with one attached hydrogen (secondary N) is 1. The van der Waals surface area contributed by atoms with Gasteiger partial charge in [-0.2, -0.15) is 13.2 Å². The van der Waals surface area contributed by atoms with Crippen molar-refractivity contribution in [3.05, 3.63) is 35.9 Å². The molecule has 1 aromatic rings. The number of carbonyl (C=O) groups is 1. The zero-order chi connectivity index (χ0) is 15.2. The van der Waals surface area contributed by atoms with Gasteiger partial charge in [-0.15, -0.1) is 0 Å².